The highest BCUT2D eigenvalue weighted by molar-refractivity contribution is 8.10. The van der Waals surface area contributed by atoms with Crippen LogP contribution < -0.4 is 0 Å². The number of aromatic nitrogens is 2. The molecule has 1 aromatic heterocycles. The summed E-state index contributed by atoms with van der Waals surface area (Å²) in [5.74, 6) is -2.31. The maximum absolute atomic E-state index is 13.9. The van der Waals surface area contributed by atoms with Crippen LogP contribution in [0.2, 0.25) is 0 Å². The fourth-order valence-corrected chi connectivity index (χ4v) is 5.83. The second-order valence-electron chi connectivity index (χ2n) is 7.87. The Morgan fingerprint density at radius 1 is 1.50 bits per heavy atom. The van der Waals surface area contributed by atoms with E-state index in [9.17, 15) is 13.6 Å². The fraction of sp³-hybridized carbons (Fsp3) is 0.550. The van der Waals surface area contributed by atoms with Crippen molar-refractivity contribution in [3.8, 4) is 0 Å². The quantitative estimate of drug-likeness (QED) is 0.765. The van der Waals surface area contributed by atoms with Gasteiger partial charge in [-0.3, -0.25) is 14.8 Å². The molecule has 1 amide bonds. The third kappa shape index (κ3) is 3.30. The van der Waals surface area contributed by atoms with Gasteiger partial charge in [-0.15, -0.1) is 11.8 Å². The number of rotatable bonds is 5. The van der Waals surface area contributed by atoms with Gasteiger partial charge < -0.3 is 9.47 Å². The van der Waals surface area contributed by atoms with Gasteiger partial charge in [0.1, 0.15) is 11.0 Å². The predicted molar refractivity (Wildman–Crippen MR) is 108 cm³/mol. The molecular formula is C20H22F2N4O3S. The first-order valence-electron chi connectivity index (χ1n) is 9.98. The van der Waals surface area contributed by atoms with Crippen molar-refractivity contribution in [2.45, 2.75) is 36.5 Å². The number of likely N-dealkylation sites (tertiary alicyclic amines) is 1. The molecule has 1 aromatic rings. The third-order valence-corrected chi connectivity index (χ3v) is 7.23. The van der Waals surface area contributed by atoms with Crippen LogP contribution in [0.5, 0.6) is 0 Å². The topological polar surface area (TPSA) is 79.8 Å². The zero-order valence-corrected chi connectivity index (χ0v) is 17.3. The molecule has 160 valence electrons. The maximum atomic E-state index is 13.9. The molecule has 1 fully saturated rings. The smallest absolute Gasteiger partial charge is 0.264 e. The number of methoxy groups -OCH3 is 1. The van der Waals surface area contributed by atoms with Crippen LogP contribution in [0.15, 0.2) is 34.3 Å². The molecular weight excluding hydrogens is 414 g/mol. The van der Waals surface area contributed by atoms with E-state index in [4.69, 9.17) is 9.47 Å². The lowest BCUT2D eigenvalue weighted by molar-refractivity contribution is -0.116. The summed E-state index contributed by atoms with van der Waals surface area (Å²) in [6.07, 6.45) is 4.73. The molecule has 2 atom stereocenters. The standard InChI is InChI=1S/C20H22F2N4O3S/c1-28-9-13(26-5-4-20(21,22)10-26)15-12-3-2-6-29-16-14(12)18(19(27)25-15)30-17(16)11-7-23-24-8-11/h7-8,13,18H,2-6,9-10H2,1H3,(H,23,24)/t13-,18?/m1/s1. The Labute approximate surface area is 176 Å². The van der Waals surface area contributed by atoms with Gasteiger partial charge in [0.2, 0.25) is 0 Å². The molecule has 30 heavy (non-hydrogen) atoms. The zero-order valence-electron chi connectivity index (χ0n) is 16.5. The van der Waals surface area contributed by atoms with Gasteiger partial charge in [-0.2, -0.15) is 5.10 Å². The number of H-pyrrole nitrogens is 1. The van der Waals surface area contributed by atoms with Gasteiger partial charge in [0.05, 0.1) is 42.6 Å². The first-order valence-corrected chi connectivity index (χ1v) is 10.9. The molecule has 1 saturated heterocycles. The summed E-state index contributed by atoms with van der Waals surface area (Å²) in [7, 11) is 1.54. The summed E-state index contributed by atoms with van der Waals surface area (Å²) in [5, 5.41) is 6.35. The number of halogens is 2. The van der Waals surface area contributed by atoms with Crippen molar-refractivity contribution < 1.29 is 23.0 Å². The van der Waals surface area contributed by atoms with Crippen molar-refractivity contribution in [1.82, 2.24) is 15.1 Å². The van der Waals surface area contributed by atoms with Crippen LogP contribution >= 0.6 is 11.8 Å². The van der Waals surface area contributed by atoms with Crippen molar-refractivity contribution in [2.75, 3.05) is 33.4 Å². The molecule has 10 heteroatoms. The van der Waals surface area contributed by atoms with Gasteiger partial charge in [0.25, 0.3) is 11.8 Å². The number of aromatic amines is 1. The lowest BCUT2D eigenvalue weighted by atomic mass is 9.88. The number of alkyl halides is 2. The van der Waals surface area contributed by atoms with E-state index in [-0.39, 0.29) is 32.0 Å². The molecule has 0 bridgehead atoms. The van der Waals surface area contributed by atoms with E-state index < -0.39 is 17.2 Å². The number of amides is 1. The van der Waals surface area contributed by atoms with Crippen LogP contribution in [0.1, 0.15) is 24.8 Å². The molecule has 0 aliphatic carbocycles. The second-order valence-corrected chi connectivity index (χ2v) is 8.99. The summed E-state index contributed by atoms with van der Waals surface area (Å²) in [5.41, 5.74) is 3.20. The maximum Gasteiger partial charge on any atom is 0.264 e. The van der Waals surface area contributed by atoms with Crippen LogP contribution in [-0.4, -0.2) is 77.3 Å². The Kier molecular flexibility index (Phi) is 5.03. The molecule has 0 saturated carbocycles. The van der Waals surface area contributed by atoms with E-state index in [1.54, 1.807) is 17.3 Å². The Balaban J connectivity index is 1.59. The van der Waals surface area contributed by atoms with E-state index >= 15 is 0 Å². The number of carbonyl (C=O) groups excluding carboxylic acids is 1. The number of thioether (sulfide) groups is 1. The molecule has 0 spiro atoms. The average molecular weight is 436 g/mol. The van der Waals surface area contributed by atoms with Crippen molar-refractivity contribution in [2.24, 2.45) is 4.99 Å². The molecule has 4 aliphatic rings. The Morgan fingerprint density at radius 3 is 3.07 bits per heavy atom. The van der Waals surface area contributed by atoms with E-state index in [0.29, 0.717) is 24.5 Å². The van der Waals surface area contributed by atoms with Crippen molar-refractivity contribution in [1.29, 1.82) is 0 Å². The number of hydrogen-bond donors (Lipinski definition) is 1. The van der Waals surface area contributed by atoms with Gasteiger partial charge in [-0.05, 0) is 18.4 Å². The molecule has 5 rings (SSSR count). The van der Waals surface area contributed by atoms with E-state index in [2.05, 4.69) is 15.2 Å². The number of hydrogen-bond acceptors (Lipinski definition) is 6. The van der Waals surface area contributed by atoms with Crippen LogP contribution in [0, 0.1) is 0 Å². The summed E-state index contributed by atoms with van der Waals surface area (Å²) in [6.45, 7) is 0.615. The number of nitrogens with one attached hydrogen (secondary N) is 1. The zero-order chi connectivity index (χ0) is 20.9. The largest absolute Gasteiger partial charge is 0.492 e. The van der Waals surface area contributed by atoms with Crippen LogP contribution in [0.25, 0.3) is 4.91 Å². The number of allylic oxidation sites excluding steroid dienone is 1. The van der Waals surface area contributed by atoms with Crippen molar-refractivity contribution in [3.63, 3.8) is 0 Å². The summed E-state index contributed by atoms with van der Waals surface area (Å²) in [6, 6.07) is -0.488. The first kappa shape index (κ1) is 19.9. The molecule has 1 unspecified atom stereocenters. The predicted octanol–water partition coefficient (Wildman–Crippen LogP) is 2.64. The van der Waals surface area contributed by atoms with Crippen LogP contribution in [0.4, 0.5) is 8.78 Å². The number of carbonyl (C=O) groups is 1. The number of nitrogens with zero attached hydrogens (tertiary/aromatic N) is 3. The number of ether oxygens (including phenoxy) is 2. The highest BCUT2D eigenvalue weighted by Crippen LogP contribution is 2.52. The third-order valence-electron chi connectivity index (χ3n) is 5.90. The van der Waals surface area contributed by atoms with Crippen molar-refractivity contribution >= 4 is 28.3 Å². The van der Waals surface area contributed by atoms with Gasteiger partial charge in [0, 0.05) is 37.4 Å². The minimum absolute atomic E-state index is 0.197. The Morgan fingerprint density at radius 2 is 2.37 bits per heavy atom. The molecule has 5 heterocycles. The Bertz CT molecular complexity index is 957. The molecule has 7 nitrogen and oxygen atoms in total. The van der Waals surface area contributed by atoms with E-state index in [1.165, 1.54) is 18.9 Å². The Hall–Kier alpha value is -2.04. The average Bonchev–Trinajstić information content (AvgIpc) is 3.40. The SMILES string of the molecule is COC[C@H](C1=NC(=O)C2SC(c3cn[nH]c3)=C3OCCCC1=C32)N1CCC(F)(F)C1. The highest BCUT2D eigenvalue weighted by Gasteiger charge is 2.48. The summed E-state index contributed by atoms with van der Waals surface area (Å²) < 4.78 is 39.3. The van der Waals surface area contributed by atoms with E-state index in [0.717, 1.165) is 28.0 Å². The van der Waals surface area contributed by atoms with Gasteiger partial charge in [-0.25, -0.2) is 13.8 Å². The summed E-state index contributed by atoms with van der Waals surface area (Å²) >= 11 is 1.42. The molecule has 4 aliphatic heterocycles. The molecule has 0 radical (unpaired) electrons. The molecule has 0 aromatic carbocycles. The van der Waals surface area contributed by atoms with Gasteiger partial charge in [0.15, 0.2) is 0 Å². The first-order chi connectivity index (χ1) is 14.5. The van der Waals surface area contributed by atoms with Crippen molar-refractivity contribution in [3.05, 3.63) is 34.9 Å². The van der Waals surface area contributed by atoms with Crippen LogP contribution in [0.3, 0.4) is 0 Å². The van der Waals surface area contributed by atoms with Crippen LogP contribution in [-0.2, 0) is 14.3 Å². The minimum Gasteiger partial charge on any atom is -0.492 e. The normalized spacial score (nSPS) is 27.1. The summed E-state index contributed by atoms with van der Waals surface area (Å²) in [4.78, 5) is 20.0. The second kappa shape index (κ2) is 7.58. The van der Waals surface area contributed by atoms with Gasteiger partial charge in [-0.1, -0.05) is 0 Å². The molecule has 1 N–H and O–H groups in total. The van der Waals surface area contributed by atoms with Gasteiger partial charge >= 0.3 is 0 Å². The van der Waals surface area contributed by atoms with E-state index in [1.807, 2.05) is 0 Å². The number of dihydropyridines is 1. The fourth-order valence-electron chi connectivity index (χ4n) is 4.55. The minimum atomic E-state index is -2.74. The lowest BCUT2D eigenvalue weighted by Crippen LogP contribution is -2.46. The lowest BCUT2D eigenvalue weighted by Gasteiger charge is -2.32. The number of aliphatic imine (C=N–C) groups is 1. The highest BCUT2D eigenvalue weighted by atomic mass is 32.2. The monoisotopic (exact) mass is 436 g/mol.